The minimum atomic E-state index is -0.105. The molecule has 5 heteroatoms. The topological polar surface area (TPSA) is 55.2 Å². The van der Waals surface area contributed by atoms with E-state index < -0.39 is 0 Å². The lowest BCUT2D eigenvalue weighted by Gasteiger charge is -2.16. The molecule has 2 heterocycles. The van der Waals surface area contributed by atoms with Crippen LogP contribution in [0.2, 0.25) is 0 Å². The molecule has 1 aliphatic heterocycles. The van der Waals surface area contributed by atoms with Crippen molar-refractivity contribution < 1.29 is 4.79 Å². The summed E-state index contributed by atoms with van der Waals surface area (Å²) in [6.07, 6.45) is 4.05. The largest absolute Gasteiger partial charge is 0.351 e. The number of hydrogen-bond donors (Lipinski definition) is 0. The van der Waals surface area contributed by atoms with Gasteiger partial charge in [-0.15, -0.1) is 0 Å². The molecular formula is C11H15N3O2. The molecule has 0 bridgehead atoms. The van der Waals surface area contributed by atoms with Crippen molar-refractivity contribution in [1.82, 2.24) is 9.55 Å². The number of aryl methyl sites for hydroxylation is 1. The highest BCUT2D eigenvalue weighted by Crippen LogP contribution is 2.19. The number of carbonyl (C=O) groups excluding carboxylic acids is 1. The summed E-state index contributed by atoms with van der Waals surface area (Å²) < 4.78 is 1.50. The second-order valence-corrected chi connectivity index (χ2v) is 4.21. The van der Waals surface area contributed by atoms with Crippen LogP contribution in [-0.2, 0) is 11.8 Å². The van der Waals surface area contributed by atoms with E-state index >= 15 is 0 Å². The van der Waals surface area contributed by atoms with Gasteiger partial charge in [0.05, 0.1) is 0 Å². The van der Waals surface area contributed by atoms with E-state index in [1.807, 2.05) is 4.90 Å². The molecule has 2 rings (SSSR count). The summed E-state index contributed by atoms with van der Waals surface area (Å²) in [6, 6.07) is 0. The molecule has 16 heavy (non-hydrogen) atoms. The first-order valence-electron chi connectivity index (χ1n) is 5.36. The van der Waals surface area contributed by atoms with E-state index in [1.165, 1.54) is 4.57 Å². The normalized spacial score (nSPS) is 20.1. The molecule has 0 amide bonds. The molecule has 1 aromatic rings. The molecule has 0 aromatic carbocycles. The molecule has 0 N–H and O–H groups in total. The molecule has 0 saturated carbocycles. The van der Waals surface area contributed by atoms with E-state index in [1.54, 1.807) is 26.4 Å². The van der Waals surface area contributed by atoms with Gasteiger partial charge >= 0.3 is 0 Å². The molecule has 1 saturated heterocycles. The summed E-state index contributed by atoms with van der Waals surface area (Å²) in [4.78, 5) is 29.0. The quantitative estimate of drug-likeness (QED) is 0.715. The lowest BCUT2D eigenvalue weighted by atomic mass is 10.1. The Bertz CT molecular complexity index is 467. The van der Waals surface area contributed by atoms with Crippen molar-refractivity contribution in [2.24, 2.45) is 13.0 Å². The van der Waals surface area contributed by atoms with Crippen LogP contribution in [0.15, 0.2) is 17.2 Å². The van der Waals surface area contributed by atoms with Crippen LogP contribution in [-0.4, -0.2) is 28.4 Å². The van der Waals surface area contributed by atoms with Gasteiger partial charge in [0.2, 0.25) is 0 Å². The zero-order valence-electron chi connectivity index (χ0n) is 9.51. The Kier molecular flexibility index (Phi) is 2.77. The lowest BCUT2D eigenvalue weighted by Crippen LogP contribution is -2.31. The standard InChI is InChI=1S/C11H15N3O2/c1-8(15)9-3-5-14(7-9)10-11(16)13(2)6-4-12-10/h4,6,9H,3,5,7H2,1-2H3/t9-/m1/s1. The third-order valence-corrected chi connectivity index (χ3v) is 3.06. The van der Waals surface area contributed by atoms with Crippen LogP contribution in [0.5, 0.6) is 0 Å². The smallest absolute Gasteiger partial charge is 0.293 e. The van der Waals surface area contributed by atoms with Gasteiger partial charge in [0.15, 0.2) is 5.82 Å². The van der Waals surface area contributed by atoms with Crippen LogP contribution in [0.25, 0.3) is 0 Å². The lowest BCUT2D eigenvalue weighted by molar-refractivity contribution is -0.120. The average Bonchev–Trinajstić information content (AvgIpc) is 2.71. The van der Waals surface area contributed by atoms with Crippen LogP contribution in [0.1, 0.15) is 13.3 Å². The average molecular weight is 221 g/mol. The predicted molar refractivity (Wildman–Crippen MR) is 60.5 cm³/mol. The minimum Gasteiger partial charge on any atom is -0.351 e. The number of anilines is 1. The monoisotopic (exact) mass is 221 g/mol. The van der Waals surface area contributed by atoms with Crippen molar-refractivity contribution in [2.75, 3.05) is 18.0 Å². The fraction of sp³-hybridized carbons (Fsp3) is 0.545. The van der Waals surface area contributed by atoms with Gasteiger partial charge in [-0.2, -0.15) is 0 Å². The van der Waals surface area contributed by atoms with Crippen molar-refractivity contribution >= 4 is 11.6 Å². The molecule has 0 spiro atoms. The fourth-order valence-electron chi connectivity index (χ4n) is 1.99. The Balaban J connectivity index is 2.24. The highest BCUT2D eigenvalue weighted by atomic mass is 16.1. The van der Waals surface area contributed by atoms with Gasteiger partial charge in [0, 0.05) is 38.4 Å². The number of rotatable bonds is 2. The third-order valence-electron chi connectivity index (χ3n) is 3.06. The molecule has 0 unspecified atom stereocenters. The van der Waals surface area contributed by atoms with Crippen LogP contribution in [0, 0.1) is 5.92 Å². The van der Waals surface area contributed by atoms with Crippen molar-refractivity contribution in [2.45, 2.75) is 13.3 Å². The van der Waals surface area contributed by atoms with E-state index in [0.717, 1.165) is 13.0 Å². The van der Waals surface area contributed by atoms with Gasteiger partial charge in [-0.3, -0.25) is 9.59 Å². The summed E-state index contributed by atoms with van der Waals surface area (Å²) in [5.41, 5.74) is -0.105. The van der Waals surface area contributed by atoms with E-state index in [2.05, 4.69) is 4.98 Å². The van der Waals surface area contributed by atoms with Gasteiger partial charge < -0.3 is 9.47 Å². The maximum atomic E-state index is 11.8. The summed E-state index contributed by atoms with van der Waals surface area (Å²) in [5, 5.41) is 0. The Morgan fingerprint density at radius 1 is 1.56 bits per heavy atom. The molecular weight excluding hydrogens is 206 g/mol. The Labute approximate surface area is 93.7 Å². The van der Waals surface area contributed by atoms with Crippen molar-refractivity contribution in [3.8, 4) is 0 Å². The summed E-state index contributed by atoms with van der Waals surface area (Å²) in [7, 11) is 1.70. The molecule has 0 aliphatic carbocycles. The zero-order valence-corrected chi connectivity index (χ0v) is 9.51. The van der Waals surface area contributed by atoms with Crippen molar-refractivity contribution in [3.05, 3.63) is 22.7 Å². The molecule has 1 aliphatic rings. The van der Waals surface area contributed by atoms with E-state index in [9.17, 15) is 9.59 Å². The van der Waals surface area contributed by atoms with Crippen LogP contribution in [0.3, 0.4) is 0 Å². The third kappa shape index (κ3) is 1.85. The first kappa shape index (κ1) is 10.9. The number of hydrogen-bond acceptors (Lipinski definition) is 4. The van der Waals surface area contributed by atoms with E-state index in [4.69, 9.17) is 0 Å². The summed E-state index contributed by atoms with van der Waals surface area (Å²) in [5.74, 6) is 0.690. The molecule has 1 fully saturated rings. The van der Waals surface area contributed by atoms with Crippen LogP contribution in [0.4, 0.5) is 5.82 Å². The summed E-state index contributed by atoms with van der Waals surface area (Å²) >= 11 is 0. The summed E-state index contributed by atoms with van der Waals surface area (Å²) in [6.45, 7) is 2.95. The van der Waals surface area contributed by atoms with Gasteiger partial charge in [-0.25, -0.2) is 4.98 Å². The number of nitrogens with zero attached hydrogens (tertiary/aromatic N) is 3. The maximum Gasteiger partial charge on any atom is 0.293 e. The first-order valence-corrected chi connectivity index (χ1v) is 5.36. The van der Waals surface area contributed by atoms with E-state index in [0.29, 0.717) is 12.4 Å². The Morgan fingerprint density at radius 3 is 2.94 bits per heavy atom. The number of Topliss-reactive ketones (excluding diaryl/α,β-unsaturated/α-hetero) is 1. The number of aromatic nitrogens is 2. The molecule has 0 radical (unpaired) electrons. The minimum absolute atomic E-state index is 0.0479. The number of carbonyl (C=O) groups is 1. The zero-order chi connectivity index (χ0) is 11.7. The molecule has 5 nitrogen and oxygen atoms in total. The maximum absolute atomic E-state index is 11.8. The fourth-order valence-corrected chi connectivity index (χ4v) is 1.99. The Morgan fingerprint density at radius 2 is 2.31 bits per heavy atom. The van der Waals surface area contributed by atoms with Gasteiger partial charge in [-0.1, -0.05) is 0 Å². The van der Waals surface area contributed by atoms with Gasteiger partial charge in [0.25, 0.3) is 5.56 Å². The molecule has 1 atom stereocenters. The van der Waals surface area contributed by atoms with Gasteiger partial charge in [0.1, 0.15) is 5.78 Å². The second-order valence-electron chi connectivity index (χ2n) is 4.21. The number of ketones is 1. The molecule has 1 aromatic heterocycles. The molecule has 86 valence electrons. The first-order chi connectivity index (χ1) is 7.59. The SMILES string of the molecule is CC(=O)[C@@H]1CCN(c2nccn(C)c2=O)C1. The van der Waals surface area contributed by atoms with E-state index in [-0.39, 0.29) is 17.3 Å². The van der Waals surface area contributed by atoms with Gasteiger partial charge in [-0.05, 0) is 13.3 Å². The Hall–Kier alpha value is -1.65. The van der Waals surface area contributed by atoms with Crippen LogP contribution < -0.4 is 10.5 Å². The van der Waals surface area contributed by atoms with Crippen LogP contribution >= 0.6 is 0 Å². The van der Waals surface area contributed by atoms with Crippen molar-refractivity contribution in [3.63, 3.8) is 0 Å². The predicted octanol–water partition coefficient (Wildman–Crippen LogP) is 0.196. The second kappa shape index (κ2) is 4.08. The highest BCUT2D eigenvalue weighted by Gasteiger charge is 2.27. The van der Waals surface area contributed by atoms with Crippen molar-refractivity contribution in [1.29, 1.82) is 0 Å². The highest BCUT2D eigenvalue weighted by molar-refractivity contribution is 5.79.